The van der Waals surface area contributed by atoms with Gasteiger partial charge in [0.15, 0.2) is 15.4 Å². The molecule has 0 bridgehead atoms. The molecule has 1 aliphatic rings. The van der Waals surface area contributed by atoms with E-state index in [1.807, 2.05) is 37.3 Å². The van der Waals surface area contributed by atoms with Gasteiger partial charge in [-0.15, -0.1) is 0 Å². The summed E-state index contributed by atoms with van der Waals surface area (Å²) >= 11 is 3.56. The zero-order valence-corrected chi connectivity index (χ0v) is 25.5. The summed E-state index contributed by atoms with van der Waals surface area (Å²) < 4.78 is 56.0. The molecule has 220 valence electrons. The van der Waals surface area contributed by atoms with Crippen molar-refractivity contribution in [2.75, 3.05) is 23.4 Å². The van der Waals surface area contributed by atoms with E-state index < -0.39 is 21.5 Å². The molecule has 2 aromatic heterocycles. The van der Waals surface area contributed by atoms with Crippen molar-refractivity contribution >= 4 is 48.2 Å². The van der Waals surface area contributed by atoms with Crippen molar-refractivity contribution in [3.8, 4) is 5.75 Å². The SMILES string of the molecule is CCS(=O)(=O)CCOC(C)C1(c2cc3c(Nc4ccc(OCc5cccc(F)c5)c(Br)c4)ncnc3cn2)CC=CO1. The summed E-state index contributed by atoms with van der Waals surface area (Å²) in [5, 5.41) is 4.07. The van der Waals surface area contributed by atoms with Crippen molar-refractivity contribution in [2.45, 2.75) is 38.6 Å². The minimum atomic E-state index is -3.16. The van der Waals surface area contributed by atoms with Gasteiger partial charge in [-0.1, -0.05) is 19.1 Å². The summed E-state index contributed by atoms with van der Waals surface area (Å²) in [7, 11) is -3.16. The van der Waals surface area contributed by atoms with E-state index >= 15 is 0 Å². The summed E-state index contributed by atoms with van der Waals surface area (Å²) in [5.41, 5.74) is 1.80. The van der Waals surface area contributed by atoms with Crippen LogP contribution in [0.25, 0.3) is 10.9 Å². The first-order valence-electron chi connectivity index (χ1n) is 13.4. The molecule has 42 heavy (non-hydrogen) atoms. The van der Waals surface area contributed by atoms with E-state index in [1.54, 1.807) is 31.5 Å². The molecule has 9 nitrogen and oxygen atoms in total. The van der Waals surface area contributed by atoms with Crippen molar-refractivity contribution in [2.24, 2.45) is 0 Å². The number of nitrogens with one attached hydrogen (secondary N) is 1. The Morgan fingerprint density at radius 3 is 2.76 bits per heavy atom. The smallest absolute Gasteiger partial charge is 0.179 e. The molecule has 0 fully saturated rings. The van der Waals surface area contributed by atoms with Gasteiger partial charge in [0.25, 0.3) is 0 Å². The summed E-state index contributed by atoms with van der Waals surface area (Å²) in [6, 6.07) is 13.7. The first-order chi connectivity index (χ1) is 20.2. The van der Waals surface area contributed by atoms with Crippen molar-refractivity contribution in [3.05, 3.63) is 94.9 Å². The Labute approximate surface area is 252 Å². The molecule has 0 aliphatic carbocycles. The molecule has 2 unspecified atom stereocenters. The number of hydrogen-bond acceptors (Lipinski definition) is 9. The van der Waals surface area contributed by atoms with Gasteiger partial charge in [0.05, 0.1) is 40.5 Å². The first-order valence-corrected chi connectivity index (χ1v) is 16.0. The van der Waals surface area contributed by atoms with E-state index in [1.165, 1.54) is 18.5 Å². The Morgan fingerprint density at radius 1 is 1.17 bits per heavy atom. The zero-order valence-electron chi connectivity index (χ0n) is 23.1. The number of benzene rings is 2. The lowest BCUT2D eigenvalue weighted by Gasteiger charge is -2.34. The van der Waals surface area contributed by atoms with E-state index in [0.29, 0.717) is 33.7 Å². The Balaban J connectivity index is 1.36. The summed E-state index contributed by atoms with van der Waals surface area (Å²) in [6.07, 6.45) is 6.65. The van der Waals surface area contributed by atoms with Gasteiger partial charge in [0.2, 0.25) is 0 Å². The standard InChI is InChI=1S/C30H30BrFN4O5S/c1-3-42(37,38)13-12-39-20(2)30(10-5-11-41-30)28-16-24-26(17-33-28)34-19-35-29(24)36-23-8-9-27(25(31)15-23)40-18-21-6-4-7-22(32)14-21/h4-9,11,14-17,19-20H,3,10,12-13,18H2,1-2H3,(H,34,35,36). The van der Waals surface area contributed by atoms with Crippen LogP contribution in [0.4, 0.5) is 15.9 Å². The second-order valence-corrected chi connectivity index (χ2v) is 13.2. The number of anilines is 2. The number of aromatic nitrogens is 3. The van der Waals surface area contributed by atoms with E-state index in [-0.39, 0.29) is 30.5 Å². The van der Waals surface area contributed by atoms with Gasteiger partial charge in [-0.25, -0.2) is 22.8 Å². The number of ether oxygens (including phenoxy) is 3. The highest BCUT2D eigenvalue weighted by molar-refractivity contribution is 9.10. The molecule has 2 atom stereocenters. The molecular weight excluding hydrogens is 627 g/mol. The lowest BCUT2D eigenvalue weighted by molar-refractivity contribution is -0.0987. The molecule has 4 aromatic rings. The molecule has 0 amide bonds. The molecule has 3 heterocycles. The maximum Gasteiger partial charge on any atom is 0.179 e. The van der Waals surface area contributed by atoms with Gasteiger partial charge in [0.1, 0.15) is 36.4 Å². The van der Waals surface area contributed by atoms with Crippen molar-refractivity contribution < 1.29 is 27.0 Å². The van der Waals surface area contributed by atoms with Crippen molar-refractivity contribution in [1.29, 1.82) is 0 Å². The molecule has 0 radical (unpaired) electrons. The zero-order chi connectivity index (χ0) is 29.7. The third kappa shape index (κ3) is 6.71. The van der Waals surface area contributed by atoms with Gasteiger partial charge in [-0.05, 0) is 70.9 Å². The molecule has 1 aliphatic heterocycles. The largest absolute Gasteiger partial charge is 0.488 e. The van der Waals surface area contributed by atoms with E-state index in [9.17, 15) is 12.8 Å². The summed E-state index contributed by atoms with van der Waals surface area (Å²) in [5.74, 6) is 0.868. The topological polar surface area (TPSA) is 113 Å². The van der Waals surface area contributed by atoms with Crippen LogP contribution in [0.3, 0.4) is 0 Å². The van der Waals surface area contributed by atoms with Crippen LogP contribution in [0.1, 0.15) is 31.5 Å². The average molecular weight is 658 g/mol. The second kappa shape index (κ2) is 12.7. The number of sulfone groups is 1. The molecule has 1 N–H and O–H groups in total. The number of nitrogens with zero attached hydrogens (tertiary/aromatic N) is 3. The van der Waals surface area contributed by atoms with Gasteiger partial charge in [-0.2, -0.15) is 0 Å². The molecule has 0 saturated carbocycles. The van der Waals surface area contributed by atoms with E-state index in [0.717, 1.165) is 16.6 Å². The Kier molecular flexibility index (Phi) is 9.05. The van der Waals surface area contributed by atoms with Crippen LogP contribution < -0.4 is 10.1 Å². The third-order valence-electron chi connectivity index (χ3n) is 7.09. The van der Waals surface area contributed by atoms with Gasteiger partial charge in [-0.3, -0.25) is 4.98 Å². The van der Waals surface area contributed by atoms with Gasteiger partial charge >= 0.3 is 0 Å². The minimum absolute atomic E-state index is 0.0583. The highest BCUT2D eigenvalue weighted by Crippen LogP contribution is 2.40. The van der Waals surface area contributed by atoms with Gasteiger partial charge in [0, 0.05) is 23.2 Å². The Bertz CT molecular complexity index is 1710. The highest BCUT2D eigenvalue weighted by atomic mass is 79.9. The predicted molar refractivity (Wildman–Crippen MR) is 162 cm³/mol. The average Bonchev–Trinajstić information content (AvgIpc) is 3.48. The Morgan fingerprint density at radius 2 is 2.02 bits per heavy atom. The number of pyridine rings is 1. The number of hydrogen-bond donors (Lipinski definition) is 1. The normalized spacial score (nSPS) is 17.2. The maximum atomic E-state index is 13.5. The fourth-order valence-corrected chi connectivity index (χ4v) is 5.75. The predicted octanol–water partition coefficient (Wildman–Crippen LogP) is 6.22. The van der Waals surface area contributed by atoms with Crippen molar-refractivity contribution in [1.82, 2.24) is 15.0 Å². The molecule has 0 spiro atoms. The van der Waals surface area contributed by atoms with E-state index in [2.05, 4.69) is 36.2 Å². The fourth-order valence-electron chi connectivity index (χ4n) is 4.62. The molecule has 12 heteroatoms. The fraction of sp³-hybridized carbons (Fsp3) is 0.300. The van der Waals surface area contributed by atoms with Crippen LogP contribution >= 0.6 is 15.9 Å². The highest BCUT2D eigenvalue weighted by Gasteiger charge is 2.43. The second-order valence-electron chi connectivity index (χ2n) is 9.83. The lowest BCUT2D eigenvalue weighted by Crippen LogP contribution is -2.40. The lowest BCUT2D eigenvalue weighted by atomic mass is 9.89. The molecule has 2 aromatic carbocycles. The van der Waals surface area contributed by atoms with Crippen LogP contribution in [0.2, 0.25) is 0 Å². The quantitative estimate of drug-likeness (QED) is 0.190. The molecular formula is C30H30BrFN4O5S. The number of rotatable bonds is 12. The molecule has 0 saturated heterocycles. The van der Waals surface area contributed by atoms with E-state index in [4.69, 9.17) is 14.2 Å². The van der Waals surface area contributed by atoms with Crippen LogP contribution in [0.15, 0.2) is 77.9 Å². The van der Waals surface area contributed by atoms with Crippen LogP contribution in [-0.2, 0) is 31.5 Å². The number of halogens is 2. The van der Waals surface area contributed by atoms with Crippen LogP contribution in [0.5, 0.6) is 5.75 Å². The third-order valence-corrected chi connectivity index (χ3v) is 9.38. The molecule has 5 rings (SSSR count). The first kappa shape index (κ1) is 29.9. The minimum Gasteiger partial charge on any atom is -0.488 e. The number of fused-ring (bicyclic) bond motifs is 1. The summed E-state index contributed by atoms with van der Waals surface area (Å²) in [6.45, 7) is 3.76. The van der Waals surface area contributed by atoms with Crippen molar-refractivity contribution in [3.63, 3.8) is 0 Å². The summed E-state index contributed by atoms with van der Waals surface area (Å²) in [4.78, 5) is 13.5. The maximum absolute atomic E-state index is 13.5. The monoisotopic (exact) mass is 656 g/mol. The van der Waals surface area contributed by atoms with Crippen LogP contribution in [0, 0.1) is 5.82 Å². The Hall–Kier alpha value is -3.61. The van der Waals surface area contributed by atoms with Crippen LogP contribution in [-0.4, -0.2) is 47.6 Å². The van der Waals surface area contributed by atoms with Gasteiger partial charge < -0.3 is 19.5 Å².